The predicted octanol–water partition coefficient (Wildman–Crippen LogP) is 3.69. The minimum atomic E-state index is -0.299. The van der Waals surface area contributed by atoms with Crippen LogP contribution >= 0.6 is 11.8 Å². The highest BCUT2D eigenvalue weighted by atomic mass is 32.2. The Morgan fingerprint density at radius 2 is 1.72 bits per heavy atom. The van der Waals surface area contributed by atoms with E-state index in [2.05, 4.69) is 32.5 Å². The molecule has 1 unspecified atom stereocenters. The van der Waals surface area contributed by atoms with Gasteiger partial charge in [-0.25, -0.2) is 0 Å². The molecule has 0 spiro atoms. The van der Waals surface area contributed by atoms with Gasteiger partial charge in [-0.1, -0.05) is 61.5 Å². The molecule has 2 amide bonds. The van der Waals surface area contributed by atoms with Crippen LogP contribution in [0.5, 0.6) is 0 Å². The molecule has 2 heterocycles. The van der Waals surface area contributed by atoms with Crippen molar-refractivity contribution in [2.75, 3.05) is 36.8 Å². The summed E-state index contributed by atoms with van der Waals surface area (Å²) >= 11 is 1.38. The van der Waals surface area contributed by atoms with Crippen molar-refractivity contribution in [1.82, 2.24) is 25.0 Å². The molecule has 1 saturated heterocycles. The van der Waals surface area contributed by atoms with Crippen LogP contribution in [0.4, 0.5) is 5.69 Å². The minimum absolute atomic E-state index is 0.102. The molecule has 3 aromatic rings. The van der Waals surface area contributed by atoms with Gasteiger partial charge in [0.05, 0.1) is 11.8 Å². The fourth-order valence-electron chi connectivity index (χ4n) is 4.33. The van der Waals surface area contributed by atoms with E-state index in [-0.39, 0.29) is 23.8 Å². The molecule has 4 rings (SSSR count). The summed E-state index contributed by atoms with van der Waals surface area (Å²) in [4.78, 5) is 30.0. The lowest BCUT2D eigenvalue weighted by Crippen LogP contribution is -2.49. The number of para-hydroxylation sites is 1. The van der Waals surface area contributed by atoms with Crippen LogP contribution < -0.4 is 10.2 Å². The maximum absolute atomic E-state index is 12.9. The van der Waals surface area contributed by atoms with Crippen molar-refractivity contribution >= 4 is 29.3 Å². The number of anilines is 1. The van der Waals surface area contributed by atoms with E-state index in [1.54, 1.807) is 0 Å². The van der Waals surface area contributed by atoms with E-state index >= 15 is 0 Å². The van der Waals surface area contributed by atoms with Gasteiger partial charge in [0.1, 0.15) is 0 Å². The van der Waals surface area contributed by atoms with Crippen molar-refractivity contribution < 1.29 is 9.59 Å². The number of nitrogens with one attached hydrogen (secondary N) is 1. The van der Waals surface area contributed by atoms with Crippen LogP contribution in [0.3, 0.4) is 0 Å². The van der Waals surface area contributed by atoms with Crippen LogP contribution in [-0.2, 0) is 11.8 Å². The molecule has 190 valence electrons. The molecule has 1 aromatic heterocycles. The van der Waals surface area contributed by atoms with E-state index in [1.807, 2.05) is 79.8 Å². The number of carbonyl (C=O) groups excluding carboxylic acids is 2. The predicted molar refractivity (Wildman–Crippen MR) is 143 cm³/mol. The number of hydrogen-bond donors (Lipinski definition) is 1. The molecule has 0 aliphatic carbocycles. The molecular formula is C27H34N6O2S. The van der Waals surface area contributed by atoms with Crippen molar-refractivity contribution in [2.45, 2.75) is 32.0 Å². The van der Waals surface area contributed by atoms with Gasteiger partial charge >= 0.3 is 0 Å². The number of rotatable bonds is 8. The van der Waals surface area contributed by atoms with Crippen LogP contribution in [-0.4, -0.2) is 63.4 Å². The molecule has 1 aliphatic rings. The first-order valence-electron chi connectivity index (χ1n) is 12.3. The third-order valence-electron chi connectivity index (χ3n) is 6.46. The van der Waals surface area contributed by atoms with E-state index in [0.717, 1.165) is 18.7 Å². The van der Waals surface area contributed by atoms with Gasteiger partial charge in [0, 0.05) is 44.5 Å². The lowest BCUT2D eigenvalue weighted by atomic mass is 10.0. The standard InChI is InChI=1S/C27H34N6O2S/c1-19(2)24(28-26(35)21-10-8-9-20(3)17-21)25-29-30-27(31(25)4)36-18-23(34)33-15-13-32(14-16-33)22-11-6-5-7-12-22/h5-12,17,19,24H,13-16,18H2,1-4H3,(H,28,35). The zero-order valence-electron chi connectivity index (χ0n) is 21.3. The van der Waals surface area contributed by atoms with Crippen LogP contribution in [0, 0.1) is 12.8 Å². The van der Waals surface area contributed by atoms with Crippen molar-refractivity contribution in [2.24, 2.45) is 13.0 Å². The monoisotopic (exact) mass is 506 g/mol. The molecule has 0 saturated carbocycles. The van der Waals surface area contributed by atoms with E-state index in [0.29, 0.717) is 35.4 Å². The van der Waals surface area contributed by atoms with E-state index in [4.69, 9.17) is 0 Å². The zero-order valence-corrected chi connectivity index (χ0v) is 22.2. The van der Waals surface area contributed by atoms with Gasteiger partial charge in [-0.2, -0.15) is 0 Å². The summed E-state index contributed by atoms with van der Waals surface area (Å²) < 4.78 is 1.88. The van der Waals surface area contributed by atoms with E-state index < -0.39 is 0 Å². The Kier molecular flexibility index (Phi) is 8.30. The summed E-state index contributed by atoms with van der Waals surface area (Å²) in [5.74, 6) is 1.06. The first-order valence-corrected chi connectivity index (χ1v) is 13.3. The third kappa shape index (κ3) is 6.07. The normalized spacial score (nSPS) is 14.7. The van der Waals surface area contributed by atoms with Crippen LogP contribution in [0.2, 0.25) is 0 Å². The highest BCUT2D eigenvalue weighted by molar-refractivity contribution is 7.99. The molecular weight excluding hydrogens is 472 g/mol. The average molecular weight is 507 g/mol. The fourth-order valence-corrected chi connectivity index (χ4v) is 5.15. The number of amides is 2. The molecule has 1 aliphatic heterocycles. The largest absolute Gasteiger partial charge is 0.368 e. The Labute approximate surface area is 217 Å². The number of carbonyl (C=O) groups is 2. The van der Waals surface area contributed by atoms with Crippen LogP contribution in [0.25, 0.3) is 0 Å². The van der Waals surface area contributed by atoms with Gasteiger partial charge < -0.3 is 19.7 Å². The highest BCUT2D eigenvalue weighted by Crippen LogP contribution is 2.25. The minimum Gasteiger partial charge on any atom is -0.368 e. The average Bonchev–Trinajstić information content (AvgIpc) is 3.25. The Balaban J connectivity index is 1.34. The molecule has 8 nitrogen and oxygen atoms in total. The molecule has 1 atom stereocenters. The summed E-state index contributed by atoms with van der Waals surface area (Å²) in [5.41, 5.74) is 2.85. The number of hydrogen-bond acceptors (Lipinski definition) is 6. The number of aryl methyl sites for hydroxylation is 1. The first kappa shape index (κ1) is 25.8. The topological polar surface area (TPSA) is 83.4 Å². The van der Waals surface area contributed by atoms with Crippen molar-refractivity contribution in [3.8, 4) is 0 Å². The van der Waals surface area contributed by atoms with Gasteiger partial charge in [0.15, 0.2) is 11.0 Å². The number of aromatic nitrogens is 3. The van der Waals surface area contributed by atoms with Crippen LogP contribution in [0.15, 0.2) is 59.8 Å². The maximum Gasteiger partial charge on any atom is 0.251 e. The Morgan fingerprint density at radius 1 is 1.00 bits per heavy atom. The van der Waals surface area contributed by atoms with E-state index in [1.165, 1.54) is 17.4 Å². The highest BCUT2D eigenvalue weighted by Gasteiger charge is 2.26. The van der Waals surface area contributed by atoms with Crippen molar-refractivity contribution in [1.29, 1.82) is 0 Å². The lowest BCUT2D eigenvalue weighted by Gasteiger charge is -2.36. The summed E-state index contributed by atoms with van der Waals surface area (Å²) in [6.07, 6.45) is 0. The molecule has 36 heavy (non-hydrogen) atoms. The summed E-state index contributed by atoms with van der Waals surface area (Å²) in [6, 6.07) is 17.5. The van der Waals surface area contributed by atoms with Gasteiger partial charge in [0.25, 0.3) is 5.91 Å². The van der Waals surface area contributed by atoms with Crippen molar-refractivity contribution in [3.05, 3.63) is 71.5 Å². The summed E-state index contributed by atoms with van der Waals surface area (Å²) in [5, 5.41) is 12.5. The number of nitrogens with zero attached hydrogens (tertiary/aromatic N) is 5. The SMILES string of the molecule is Cc1cccc(C(=O)NC(c2nnc(SCC(=O)N3CCN(c4ccccc4)CC3)n2C)C(C)C)c1. The zero-order chi connectivity index (χ0) is 25.7. The van der Waals surface area contributed by atoms with Gasteiger partial charge in [-0.3, -0.25) is 9.59 Å². The quantitative estimate of drug-likeness (QED) is 0.469. The lowest BCUT2D eigenvalue weighted by molar-refractivity contribution is -0.128. The maximum atomic E-state index is 12.9. The van der Waals surface area contributed by atoms with Gasteiger partial charge in [0.2, 0.25) is 5.91 Å². The second kappa shape index (κ2) is 11.6. The molecule has 1 N–H and O–H groups in total. The second-order valence-corrected chi connectivity index (χ2v) is 10.4. The number of benzene rings is 2. The van der Waals surface area contributed by atoms with Gasteiger partial charge in [-0.05, 0) is 37.1 Å². The third-order valence-corrected chi connectivity index (χ3v) is 7.46. The van der Waals surface area contributed by atoms with Gasteiger partial charge in [-0.15, -0.1) is 10.2 Å². The molecule has 9 heteroatoms. The van der Waals surface area contributed by atoms with Crippen molar-refractivity contribution in [3.63, 3.8) is 0 Å². The Bertz CT molecular complexity index is 1190. The Morgan fingerprint density at radius 3 is 2.39 bits per heavy atom. The smallest absolute Gasteiger partial charge is 0.251 e. The number of thioether (sulfide) groups is 1. The molecule has 2 aromatic carbocycles. The summed E-state index contributed by atoms with van der Waals surface area (Å²) in [6.45, 7) is 9.12. The second-order valence-electron chi connectivity index (χ2n) is 9.46. The molecule has 1 fully saturated rings. The number of piperazine rings is 1. The molecule has 0 radical (unpaired) electrons. The first-order chi connectivity index (χ1) is 17.3. The van der Waals surface area contributed by atoms with Crippen LogP contribution in [0.1, 0.15) is 41.6 Å². The Hall–Kier alpha value is -3.33. The molecule has 0 bridgehead atoms. The van der Waals surface area contributed by atoms with E-state index in [9.17, 15) is 9.59 Å². The fraction of sp³-hybridized carbons (Fsp3) is 0.407. The summed E-state index contributed by atoms with van der Waals surface area (Å²) in [7, 11) is 1.88.